The van der Waals surface area contributed by atoms with E-state index in [1.807, 2.05) is 0 Å². The first-order chi connectivity index (χ1) is 26.5. The maximum atomic E-state index is 11.4. The third-order valence-corrected chi connectivity index (χ3v) is 9.62. The zero-order chi connectivity index (χ0) is 38.4. The first-order valence-corrected chi connectivity index (χ1v) is 20.6. The molecule has 9 nitrogen and oxygen atoms in total. The number of nitrogens with zero attached hydrogens (tertiary/aromatic N) is 3. The van der Waals surface area contributed by atoms with Crippen LogP contribution in [0.2, 0.25) is 0 Å². The Morgan fingerprint density at radius 3 is 0.907 bits per heavy atom. The minimum atomic E-state index is -0.0907. The summed E-state index contributed by atoms with van der Waals surface area (Å²) in [4.78, 5) is 14.3. The van der Waals surface area contributed by atoms with Gasteiger partial charge in [-0.05, 0) is 55.7 Å². The summed E-state index contributed by atoms with van der Waals surface area (Å²) in [5.74, 6) is 1.22. The molecule has 1 heterocycles. The highest BCUT2D eigenvalue weighted by Gasteiger charge is 2.22. The van der Waals surface area contributed by atoms with E-state index in [0.29, 0.717) is 53.8 Å². The lowest BCUT2D eigenvalue weighted by Crippen LogP contribution is -2.03. The van der Waals surface area contributed by atoms with Gasteiger partial charge in [-0.3, -0.25) is 0 Å². The van der Waals surface area contributed by atoms with Crippen LogP contribution in [0, 0.1) is 0 Å². The smallest absolute Gasteiger partial charge is 0.168 e. The van der Waals surface area contributed by atoms with Crippen molar-refractivity contribution in [2.45, 2.75) is 136 Å². The van der Waals surface area contributed by atoms with E-state index in [-0.39, 0.29) is 34.7 Å². The van der Waals surface area contributed by atoms with E-state index in [2.05, 4.69) is 20.8 Å². The van der Waals surface area contributed by atoms with Gasteiger partial charge in [-0.1, -0.05) is 135 Å². The van der Waals surface area contributed by atoms with Crippen molar-refractivity contribution in [3.8, 4) is 68.7 Å². The van der Waals surface area contributed by atoms with Crippen LogP contribution >= 0.6 is 0 Å². The van der Waals surface area contributed by atoms with Crippen LogP contribution in [0.4, 0.5) is 0 Å². The van der Waals surface area contributed by atoms with Crippen molar-refractivity contribution in [2.24, 2.45) is 0 Å². The lowest BCUT2D eigenvalue weighted by Gasteiger charge is -2.15. The molecule has 9 heteroatoms. The van der Waals surface area contributed by atoms with Gasteiger partial charge in [-0.2, -0.15) is 0 Å². The van der Waals surface area contributed by atoms with Crippen LogP contribution in [-0.4, -0.2) is 50.1 Å². The molecule has 3 aromatic carbocycles. The summed E-state index contributed by atoms with van der Waals surface area (Å²) >= 11 is 0. The van der Waals surface area contributed by atoms with Gasteiger partial charge >= 0.3 is 0 Å². The van der Waals surface area contributed by atoms with Gasteiger partial charge in [0.05, 0.1) is 36.5 Å². The highest BCUT2D eigenvalue weighted by Crippen LogP contribution is 2.42. The summed E-state index contributed by atoms with van der Waals surface area (Å²) < 4.78 is 18.1. The highest BCUT2D eigenvalue weighted by molar-refractivity contribution is 5.76. The Hall–Kier alpha value is -4.53. The Morgan fingerprint density at radius 2 is 0.630 bits per heavy atom. The van der Waals surface area contributed by atoms with Gasteiger partial charge in [-0.25, -0.2) is 15.0 Å². The number of para-hydroxylation sites is 3. The molecule has 54 heavy (non-hydrogen) atoms. The molecule has 294 valence electrons. The van der Waals surface area contributed by atoms with Gasteiger partial charge in [0.2, 0.25) is 0 Å². The van der Waals surface area contributed by atoms with E-state index in [1.165, 1.54) is 57.8 Å². The normalized spacial score (nSPS) is 11.2. The summed E-state index contributed by atoms with van der Waals surface area (Å²) in [5.41, 5.74) is 1.01. The van der Waals surface area contributed by atoms with Crippen molar-refractivity contribution in [3.63, 3.8) is 0 Å². The molecule has 0 bridgehead atoms. The Morgan fingerprint density at radius 1 is 0.370 bits per heavy atom. The van der Waals surface area contributed by atoms with Gasteiger partial charge < -0.3 is 29.5 Å². The predicted molar refractivity (Wildman–Crippen MR) is 218 cm³/mol. The molecule has 0 saturated carbocycles. The quantitative estimate of drug-likeness (QED) is 0.0512. The zero-order valence-electron chi connectivity index (χ0n) is 33.0. The minimum Gasteiger partial charge on any atom is -0.504 e. The molecule has 0 fully saturated rings. The molecular weight excluding hydrogens is 679 g/mol. The molecule has 4 aromatic rings. The van der Waals surface area contributed by atoms with Crippen LogP contribution in [0.3, 0.4) is 0 Å². The van der Waals surface area contributed by atoms with Crippen LogP contribution in [0.1, 0.15) is 136 Å². The molecule has 1 aromatic heterocycles. The van der Waals surface area contributed by atoms with Crippen molar-refractivity contribution in [2.75, 3.05) is 19.8 Å². The second-order valence-corrected chi connectivity index (χ2v) is 14.1. The summed E-state index contributed by atoms with van der Waals surface area (Å²) in [6, 6.07) is 15.7. The van der Waals surface area contributed by atoms with E-state index in [0.717, 1.165) is 57.8 Å². The van der Waals surface area contributed by atoms with Gasteiger partial charge in [0.15, 0.2) is 52.0 Å². The number of benzene rings is 3. The van der Waals surface area contributed by atoms with E-state index in [1.54, 1.807) is 54.6 Å². The Kier molecular flexibility index (Phi) is 18.8. The van der Waals surface area contributed by atoms with Crippen molar-refractivity contribution < 1.29 is 29.5 Å². The number of aromatic nitrogens is 3. The number of unbranched alkanes of at least 4 members (excludes halogenated alkanes) is 15. The van der Waals surface area contributed by atoms with Crippen molar-refractivity contribution in [3.05, 3.63) is 54.6 Å². The molecule has 0 aliphatic rings. The van der Waals surface area contributed by atoms with E-state index >= 15 is 0 Å². The van der Waals surface area contributed by atoms with Crippen molar-refractivity contribution in [1.29, 1.82) is 0 Å². The molecule has 0 radical (unpaired) electrons. The van der Waals surface area contributed by atoms with Crippen LogP contribution < -0.4 is 14.2 Å². The Labute approximate surface area is 323 Å². The van der Waals surface area contributed by atoms with Gasteiger partial charge in [0, 0.05) is 0 Å². The van der Waals surface area contributed by atoms with Crippen LogP contribution in [0.5, 0.6) is 34.5 Å². The number of aromatic hydroxyl groups is 3. The first kappa shape index (κ1) is 42.2. The van der Waals surface area contributed by atoms with Crippen LogP contribution in [0.25, 0.3) is 34.2 Å². The fraction of sp³-hybridized carbons (Fsp3) is 0.533. The van der Waals surface area contributed by atoms with Gasteiger partial charge in [-0.15, -0.1) is 0 Å². The summed E-state index contributed by atoms with van der Waals surface area (Å²) in [7, 11) is 0. The average Bonchev–Trinajstić information content (AvgIpc) is 3.18. The molecule has 0 amide bonds. The van der Waals surface area contributed by atoms with E-state index in [9.17, 15) is 15.3 Å². The lowest BCUT2D eigenvalue weighted by atomic mass is 10.1. The minimum absolute atomic E-state index is 0.0907. The van der Waals surface area contributed by atoms with Crippen LogP contribution in [0.15, 0.2) is 54.6 Å². The zero-order valence-corrected chi connectivity index (χ0v) is 33.0. The largest absolute Gasteiger partial charge is 0.504 e. The molecule has 0 unspecified atom stereocenters. The monoisotopic (exact) mass is 741 g/mol. The lowest BCUT2D eigenvalue weighted by molar-refractivity contribution is 0.289. The number of ether oxygens (including phenoxy) is 3. The first-order valence-electron chi connectivity index (χ1n) is 20.6. The van der Waals surface area contributed by atoms with E-state index in [4.69, 9.17) is 29.2 Å². The third kappa shape index (κ3) is 13.1. The summed E-state index contributed by atoms with van der Waals surface area (Å²) in [6.07, 6.45) is 20.3. The standard InChI is InChI=1S/C45H63N3O6/c1-4-7-10-13-16-19-31-52-37-28-22-25-34(40(37)49)43-46-44(35-26-23-29-38(41(35)50)53-32-20-17-14-11-8-5-2)48-45(47-43)36-27-24-30-39(42(36)51)54-33-21-18-15-12-9-6-3/h22-30,49-51H,4-21,31-33H2,1-3H3. The fourth-order valence-electron chi connectivity index (χ4n) is 6.39. The topological polar surface area (TPSA) is 127 Å². The number of hydrogen-bond donors (Lipinski definition) is 3. The molecule has 3 N–H and O–H groups in total. The summed E-state index contributed by atoms with van der Waals surface area (Å²) in [6.45, 7) is 8.06. The Balaban J connectivity index is 1.63. The highest BCUT2D eigenvalue weighted by atomic mass is 16.5. The van der Waals surface area contributed by atoms with Gasteiger partial charge in [0.1, 0.15) is 0 Å². The maximum absolute atomic E-state index is 11.4. The van der Waals surface area contributed by atoms with Crippen molar-refractivity contribution >= 4 is 0 Å². The predicted octanol–water partition coefficient (Wildman–Crippen LogP) is 12.2. The van der Waals surface area contributed by atoms with E-state index < -0.39 is 0 Å². The molecule has 0 atom stereocenters. The number of rotatable bonds is 27. The number of phenols is 3. The Bertz CT molecular complexity index is 1470. The molecule has 0 saturated heterocycles. The number of phenolic OH excluding ortho intramolecular Hbond substituents is 3. The molecule has 4 rings (SSSR count). The SMILES string of the molecule is CCCCCCCCOc1cccc(-c2nc(-c3cccc(OCCCCCCCC)c3O)nc(-c3cccc(OCCCCCCCC)c3O)n2)c1O. The fourth-order valence-corrected chi connectivity index (χ4v) is 6.39. The van der Waals surface area contributed by atoms with Crippen LogP contribution in [-0.2, 0) is 0 Å². The molecule has 0 aliphatic carbocycles. The maximum Gasteiger partial charge on any atom is 0.168 e. The molecular formula is C45H63N3O6. The average molecular weight is 742 g/mol. The molecule has 0 aliphatic heterocycles. The second kappa shape index (κ2) is 24.0. The summed E-state index contributed by atoms with van der Waals surface area (Å²) in [5, 5.41) is 34.3. The molecule has 0 spiro atoms. The third-order valence-electron chi connectivity index (χ3n) is 9.62. The second-order valence-electron chi connectivity index (χ2n) is 14.1. The van der Waals surface area contributed by atoms with Crippen molar-refractivity contribution in [1.82, 2.24) is 15.0 Å². The van der Waals surface area contributed by atoms with Gasteiger partial charge in [0.25, 0.3) is 0 Å². The number of hydrogen-bond acceptors (Lipinski definition) is 9.